The van der Waals surface area contributed by atoms with Crippen LogP contribution in [0.15, 0.2) is 83.3 Å². The van der Waals surface area contributed by atoms with Crippen LogP contribution in [0.3, 0.4) is 0 Å². The number of hydrogen-bond donors (Lipinski definition) is 2. The van der Waals surface area contributed by atoms with Crippen LogP contribution in [0.2, 0.25) is 0 Å². The van der Waals surface area contributed by atoms with E-state index in [1.165, 1.54) is 0 Å². The van der Waals surface area contributed by atoms with Crippen LogP contribution in [0, 0.1) is 17.2 Å². The minimum Gasteiger partial charge on any atom is -0.488 e. The molecule has 2 heterocycles. The Hall–Kier alpha value is -5.36. The van der Waals surface area contributed by atoms with Crippen LogP contribution in [0.25, 0.3) is 11.6 Å². The van der Waals surface area contributed by atoms with Gasteiger partial charge in [0.2, 0.25) is 11.8 Å². The highest BCUT2D eigenvalue weighted by Gasteiger charge is 2.32. The molecular formula is C37H38N4O5. The lowest BCUT2D eigenvalue weighted by Crippen LogP contribution is -2.50. The van der Waals surface area contributed by atoms with Crippen molar-refractivity contribution >= 4 is 23.6 Å². The molecule has 0 spiro atoms. The maximum absolute atomic E-state index is 13.9. The second kappa shape index (κ2) is 13.7. The van der Waals surface area contributed by atoms with E-state index in [1.54, 1.807) is 20.8 Å². The normalized spacial score (nSPS) is 17.7. The highest BCUT2D eigenvalue weighted by Crippen LogP contribution is 2.35. The van der Waals surface area contributed by atoms with Crippen LogP contribution in [-0.2, 0) is 22.6 Å². The quantitative estimate of drug-likeness (QED) is 0.239. The summed E-state index contributed by atoms with van der Waals surface area (Å²) in [6.45, 7) is 9.45. The zero-order chi connectivity index (χ0) is 32.8. The monoisotopic (exact) mass is 618 g/mol. The molecule has 0 unspecified atom stereocenters. The van der Waals surface area contributed by atoms with E-state index in [0.717, 1.165) is 16.7 Å². The lowest BCUT2D eigenvalue weighted by molar-refractivity contribution is -0.124. The van der Waals surface area contributed by atoms with Crippen LogP contribution in [0.4, 0.5) is 4.79 Å². The van der Waals surface area contributed by atoms with Gasteiger partial charge in [0.05, 0.1) is 0 Å². The minimum absolute atomic E-state index is 0.0911. The van der Waals surface area contributed by atoms with Crippen LogP contribution in [0.5, 0.6) is 5.75 Å². The average Bonchev–Trinajstić information content (AvgIpc) is 3.45. The van der Waals surface area contributed by atoms with Crippen LogP contribution < -0.4 is 15.4 Å². The zero-order valence-electron chi connectivity index (χ0n) is 26.7. The first-order valence-electron chi connectivity index (χ1n) is 15.3. The molecule has 236 valence electrons. The van der Waals surface area contributed by atoms with Crippen molar-refractivity contribution < 1.29 is 23.5 Å². The van der Waals surface area contributed by atoms with Gasteiger partial charge in [-0.2, -0.15) is 5.26 Å². The van der Waals surface area contributed by atoms with Gasteiger partial charge in [-0.25, -0.2) is 9.78 Å². The lowest BCUT2D eigenvalue weighted by Gasteiger charge is -2.26. The van der Waals surface area contributed by atoms with E-state index >= 15 is 0 Å². The Morgan fingerprint density at radius 3 is 2.43 bits per heavy atom. The molecule has 2 atom stereocenters. The van der Waals surface area contributed by atoms with Gasteiger partial charge in [0.1, 0.15) is 36.1 Å². The van der Waals surface area contributed by atoms with Crippen LogP contribution >= 0.6 is 0 Å². The number of nitrogens with zero attached hydrogens (tertiary/aromatic N) is 2. The Labute approximate surface area is 269 Å². The number of nitrogens with one attached hydrogen (secondary N) is 2. The molecule has 5 rings (SSSR count). The smallest absolute Gasteiger partial charge is 0.408 e. The Bertz CT molecular complexity index is 1760. The maximum Gasteiger partial charge on any atom is 0.408 e. The van der Waals surface area contributed by atoms with Gasteiger partial charge in [0.25, 0.3) is 0 Å². The van der Waals surface area contributed by atoms with Crippen molar-refractivity contribution in [2.45, 2.75) is 65.3 Å². The third-order valence-corrected chi connectivity index (χ3v) is 7.37. The highest BCUT2D eigenvalue weighted by molar-refractivity contribution is 5.92. The van der Waals surface area contributed by atoms with Gasteiger partial charge in [0, 0.05) is 17.6 Å². The summed E-state index contributed by atoms with van der Waals surface area (Å²) >= 11 is 0. The number of fused-ring (bicyclic) bond motifs is 4. The van der Waals surface area contributed by atoms with E-state index in [1.807, 2.05) is 98.8 Å². The Balaban J connectivity index is 1.68. The SMILES string of the molecule is CC(C)[C@@H]1NC(=O)[C@@H](NC(=O)OC(C)(C)C)Cc2ccc(OCc3ccccc3)c(c2)/C=C(\c2ccccc2)c2oc1nc2C#N. The van der Waals surface area contributed by atoms with E-state index in [9.17, 15) is 14.9 Å². The summed E-state index contributed by atoms with van der Waals surface area (Å²) in [6.07, 6.45) is 1.38. The summed E-state index contributed by atoms with van der Waals surface area (Å²) in [6, 6.07) is 25.6. The summed E-state index contributed by atoms with van der Waals surface area (Å²) in [5.74, 6) is 0.474. The molecule has 0 fully saturated rings. The number of ether oxygens (including phenoxy) is 2. The molecule has 1 aromatic heterocycles. The number of alkyl carbamates (subject to hydrolysis) is 1. The summed E-state index contributed by atoms with van der Waals surface area (Å²) in [7, 11) is 0. The Morgan fingerprint density at radius 2 is 1.78 bits per heavy atom. The first-order valence-corrected chi connectivity index (χ1v) is 15.3. The molecule has 0 radical (unpaired) electrons. The molecule has 1 aliphatic rings. The van der Waals surface area contributed by atoms with E-state index in [4.69, 9.17) is 13.9 Å². The van der Waals surface area contributed by atoms with Crippen molar-refractivity contribution in [2.75, 3.05) is 0 Å². The Kier molecular flexibility index (Phi) is 9.57. The van der Waals surface area contributed by atoms with Gasteiger partial charge >= 0.3 is 6.09 Å². The molecule has 4 bridgehead atoms. The van der Waals surface area contributed by atoms with Crippen molar-refractivity contribution in [3.05, 3.63) is 118 Å². The molecule has 2 amide bonds. The molecule has 3 aromatic carbocycles. The van der Waals surface area contributed by atoms with E-state index in [0.29, 0.717) is 23.5 Å². The molecule has 46 heavy (non-hydrogen) atoms. The van der Waals surface area contributed by atoms with Crippen LogP contribution in [-0.4, -0.2) is 28.6 Å². The van der Waals surface area contributed by atoms with Gasteiger partial charge in [0.15, 0.2) is 11.5 Å². The second-order valence-corrected chi connectivity index (χ2v) is 12.5. The molecule has 9 nitrogen and oxygen atoms in total. The molecule has 2 N–H and O–H groups in total. The van der Waals surface area contributed by atoms with Gasteiger partial charge < -0.3 is 24.5 Å². The number of aromatic nitrogens is 1. The predicted molar refractivity (Wildman–Crippen MR) is 174 cm³/mol. The van der Waals surface area contributed by atoms with Crippen molar-refractivity contribution in [3.63, 3.8) is 0 Å². The van der Waals surface area contributed by atoms with Gasteiger partial charge in [-0.05, 0) is 61.6 Å². The molecule has 0 saturated carbocycles. The number of nitriles is 1. The maximum atomic E-state index is 13.9. The van der Waals surface area contributed by atoms with E-state index < -0.39 is 29.7 Å². The fourth-order valence-electron chi connectivity index (χ4n) is 5.15. The summed E-state index contributed by atoms with van der Waals surface area (Å²) < 4.78 is 18.2. The van der Waals surface area contributed by atoms with Crippen molar-refractivity contribution in [3.8, 4) is 11.8 Å². The summed E-state index contributed by atoms with van der Waals surface area (Å²) in [5, 5.41) is 15.9. The van der Waals surface area contributed by atoms with Gasteiger partial charge in [-0.1, -0.05) is 80.6 Å². The van der Waals surface area contributed by atoms with E-state index in [-0.39, 0.29) is 29.7 Å². The molecule has 4 aromatic rings. The number of carbonyl (C=O) groups excluding carboxylic acids is 2. The Morgan fingerprint density at radius 1 is 1.09 bits per heavy atom. The molecule has 0 saturated heterocycles. The molecule has 0 aliphatic carbocycles. The third-order valence-electron chi connectivity index (χ3n) is 7.37. The number of carbonyl (C=O) groups is 2. The average molecular weight is 619 g/mol. The number of hydrogen-bond acceptors (Lipinski definition) is 7. The fraction of sp³-hybridized carbons (Fsp3) is 0.297. The van der Waals surface area contributed by atoms with E-state index in [2.05, 4.69) is 21.7 Å². The number of amides is 2. The fourth-order valence-corrected chi connectivity index (χ4v) is 5.15. The van der Waals surface area contributed by atoms with Gasteiger partial charge in [-0.15, -0.1) is 0 Å². The molecular weight excluding hydrogens is 580 g/mol. The largest absolute Gasteiger partial charge is 0.488 e. The second-order valence-electron chi connectivity index (χ2n) is 12.5. The first-order chi connectivity index (χ1) is 22.0. The standard InChI is InChI=1S/C37H38N4O5/c1-23(2)32-35-39-30(21-38)33(45-35)28(26-14-10-7-11-15-26)20-27-18-25(16-17-31(27)44-22-24-12-8-6-9-13-24)19-29(34(42)41-32)40-36(43)46-37(3,4)5/h6-18,20,23,29,32H,19,22H2,1-5H3,(H,40,43)(H,41,42)/b28-20+/t29-,32-/m0/s1. The number of oxazole rings is 1. The molecule has 1 aliphatic heterocycles. The minimum atomic E-state index is -0.983. The van der Waals surface area contributed by atoms with Gasteiger partial charge in [-0.3, -0.25) is 4.79 Å². The predicted octanol–water partition coefficient (Wildman–Crippen LogP) is 6.98. The number of rotatable bonds is 6. The molecule has 9 heteroatoms. The van der Waals surface area contributed by atoms with Crippen molar-refractivity contribution in [2.24, 2.45) is 5.92 Å². The van der Waals surface area contributed by atoms with Crippen molar-refractivity contribution in [1.82, 2.24) is 15.6 Å². The number of benzene rings is 3. The van der Waals surface area contributed by atoms with Crippen LogP contribution in [0.1, 0.15) is 80.3 Å². The topological polar surface area (TPSA) is 126 Å². The lowest BCUT2D eigenvalue weighted by atomic mass is 9.96. The highest BCUT2D eigenvalue weighted by atomic mass is 16.6. The third kappa shape index (κ3) is 7.83. The first kappa shape index (κ1) is 32.0. The zero-order valence-corrected chi connectivity index (χ0v) is 26.7. The summed E-state index contributed by atoms with van der Waals surface area (Å²) in [5.41, 5.74) is 3.26. The van der Waals surface area contributed by atoms with Crippen molar-refractivity contribution in [1.29, 1.82) is 5.26 Å². The summed E-state index contributed by atoms with van der Waals surface area (Å²) in [4.78, 5) is 31.3.